The predicted octanol–water partition coefficient (Wildman–Crippen LogP) is 1.01. The summed E-state index contributed by atoms with van der Waals surface area (Å²) in [6.45, 7) is 2.38. The molecule has 0 amide bonds. The number of thiazole rings is 1. The van der Waals surface area contributed by atoms with E-state index in [1.54, 1.807) is 6.20 Å². The Morgan fingerprint density at radius 3 is 3.11 bits per heavy atom. The summed E-state index contributed by atoms with van der Waals surface area (Å²) in [4.78, 5) is 26.4. The van der Waals surface area contributed by atoms with Crippen LogP contribution in [0.25, 0.3) is 0 Å². The van der Waals surface area contributed by atoms with Crippen LogP contribution < -0.4 is 5.69 Å². The number of aliphatic carboxylic acids is 1. The molecule has 2 aromatic rings. The van der Waals surface area contributed by atoms with Gasteiger partial charge in [-0.3, -0.25) is 9.36 Å². The van der Waals surface area contributed by atoms with Gasteiger partial charge in [0.15, 0.2) is 5.16 Å². The van der Waals surface area contributed by atoms with E-state index in [0.29, 0.717) is 11.7 Å². The Morgan fingerprint density at radius 1 is 1.68 bits per heavy atom. The first-order valence-electron chi connectivity index (χ1n) is 5.47. The van der Waals surface area contributed by atoms with Crippen LogP contribution in [0, 0.1) is 0 Å². The summed E-state index contributed by atoms with van der Waals surface area (Å²) >= 11 is 2.54. The van der Waals surface area contributed by atoms with Crippen LogP contribution in [-0.2, 0) is 11.3 Å². The molecule has 9 heteroatoms. The van der Waals surface area contributed by atoms with Gasteiger partial charge in [-0.1, -0.05) is 18.7 Å². The Balaban J connectivity index is 2.13. The van der Waals surface area contributed by atoms with E-state index in [1.165, 1.54) is 15.9 Å². The summed E-state index contributed by atoms with van der Waals surface area (Å²) < 4.78 is 1.44. The van der Waals surface area contributed by atoms with Gasteiger partial charge in [0.1, 0.15) is 0 Å². The van der Waals surface area contributed by atoms with Gasteiger partial charge >= 0.3 is 11.7 Å². The van der Waals surface area contributed by atoms with Crippen molar-refractivity contribution in [3.63, 3.8) is 0 Å². The third-order valence-corrected chi connectivity index (χ3v) is 4.35. The van der Waals surface area contributed by atoms with Crippen molar-refractivity contribution in [1.29, 1.82) is 0 Å². The predicted molar refractivity (Wildman–Crippen MR) is 71.7 cm³/mol. The van der Waals surface area contributed by atoms with Crippen molar-refractivity contribution >= 4 is 29.1 Å². The largest absolute Gasteiger partial charge is 0.481 e. The minimum absolute atomic E-state index is 0.0690. The zero-order valence-corrected chi connectivity index (χ0v) is 11.7. The van der Waals surface area contributed by atoms with E-state index >= 15 is 0 Å². The van der Waals surface area contributed by atoms with Crippen LogP contribution in [0.5, 0.6) is 0 Å². The summed E-state index contributed by atoms with van der Waals surface area (Å²) in [6, 6.07) is 0. The number of hydrogen-bond acceptors (Lipinski definition) is 6. The van der Waals surface area contributed by atoms with Crippen LogP contribution in [-0.4, -0.2) is 36.6 Å². The molecule has 1 atom stereocenters. The van der Waals surface area contributed by atoms with E-state index in [9.17, 15) is 9.59 Å². The zero-order chi connectivity index (χ0) is 13.8. The lowest BCUT2D eigenvalue weighted by molar-refractivity contribution is -0.133. The average Bonchev–Trinajstić information content (AvgIpc) is 2.99. The molecule has 0 radical (unpaired) electrons. The fourth-order valence-electron chi connectivity index (χ4n) is 1.53. The lowest BCUT2D eigenvalue weighted by Gasteiger charge is -2.09. The number of hydrogen-bond donors (Lipinski definition) is 2. The number of H-pyrrole nitrogens is 1. The number of carbonyl (C=O) groups is 1. The second-order valence-electron chi connectivity index (χ2n) is 3.88. The maximum Gasteiger partial charge on any atom is 0.343 e. The van der Waals surface area contributed by atoms with E-state index in [1.807, 2.05) is 12.3 Å². The summed E-state index contributed by atoms with van der Waals surface area (Å²) in [5, 5.41) is 18.0. The van der Waals surface area contributed by atoms with Crippen LogP contribution in [0.15, 0.2) is 21.5 Å². The Hall–Kier alpha value is -1.61. The molecule has 0 aromatic carbocycles. The summed E-state index contributed by atoms with van der Waals surface area (Å²) in [6.07, 6.45) is 1.72. The zero-order valence-electron chi connectivity index (χ0n) is 10.1. The second-order valence-corrected chi connectivity index (χ2v) is 5.74. The van der Waals surface area contributed by atoms with Gasteiger partial charge in [-0.05, 0) is 0 Å². The van der Waals surface area contributed by atoms with E-state index in [-0.39, 0.29) is 17.4 Å². The lowest BCUT2D eigenvalue weighted by atomic mass is 10.2. The van der Waals surface area contributed by atoms with Crippen molar-refractivity contribution in [1.82, 2.24) is 19.7 Å². The van der Waals surface area contributed by atoms with Crippen molar-refractivity contribution in [3.05, 3.63) is 27.1 Å². The van der Waals surface area contributed by atoms with Gasteiger partial charge in [0.25, 0.3) is 0 Å². The van der Waals surface area contributed by atoms with Gasteiger partial charge in [-0.2, -0.15) is 0 Å². The van der Waals surface area contributed by atoms with Crippen LogP contribution >= 0.6 is 23.1 Å². The topological polar surface area (TPSA) is 101 Å². The number of thioether (sulfide) groups is 1. The summed E-state index contributed by atoms with van der Waals surface area (Å²) in [7, 11) is 0. The van der Waals surface area contributed by atoms with E-state index in [4.69, 9.17) is 5.11 Å². The highest BCUT2D eigenvalue weighted by atomic mass is 32.2. The number of rotatable bonds is 6. The first-order valence-corrected chi connectivity index (χ1v) is 7.33. The van der Waals surface area contributed by atoms with Gasteiger partial charge < -0.3 is 5.11 Å². The number of carboxylic acids is 1. The Bertz CT molecular complexity index is 605. The standard InChI is InChI=1S/C10H12N4O3S2/c1-6(8-11-2-3-18-8)4-14-9(17)12-13-10(14)19-5-7(15)16/h2-3,6H,4-5H2,1H3,(H,12,17)(H,15,16). The molecule has 0 aliphatic heterocycles. The van der Waals surface area contributed by atoms with Gasteiger partial charge in [-0.25, -0.2) is 14.9 Å². The highest BCUT2D eigenvalue weighted by molar-refractivity contribution is 7.99. The number of aromatic amines is 1. The quantitative estimate of drug-likeness (QED) is 0.772. The van der Waals surface area contributed by atoms with Crippen LogP contribution in [0.1, 0.15) is 17.8 Å². The van der Waals surface area contributed by atoms with Crippen molar-refractivity contribution in [3.8, 4) is 0 Å². The highest BCUT2D eigenvalue weighted by Crippen LogP contribution is 2.21. The maximum atomic E-state index is 11.7. The third kappa shape index (κ3) is 3.44. The molecule has 0 aliphatic carbocycles. The number of aromatic nitrogens is 4. The van der Waals surface area contributed by atoms with Gasteiger partial charge in [0.05, 0.1) is 10.8 Å². The Labute approximate surface area is 116 Å². The van der Waals surface area contributed by atoms with Crippen molar-refractivity contribution in [2.75, 3.05) is 5.75 Å². The van der Waals surface area contributed by atoms with Crippen molar-refractivity contribution in [2.45, 2.75) is 24.5 Å². The number of nitrogens with one attached hydrogen (secondary N) is 1. The van der Waals surface area contributed by atoms with Crippen molar-refractivity contribution < 1.29 is 9.90 Å². The Morgan fingerprint density at radius 2 is 2.47 bits per heavy atom. The maximum absolute atomic E-state index is 11.7. The minimum atomic E-state index is -0.944. The van der Waals surface area contributed by atoms with E-state index in [0.717, 1.165) is 16.8 Å². The van der Waals surface area contributed by atoms with E-state index in [2.05, 4.69) is 15.2 Å². The SMILES string of the molecule is CC(Cn1c(SCC(=O)O)n[nH]c1=O)c1nccs1. The molecule has 1 unspecified atom stereocenters. The molecule has 2 N–H and O–H groups in total. The molecule has 2 heterocycles. The number of carboxylic acid groups (broad SMARTS) is 1. The average molecular weight is 300 g/mol. The molecule has 19 heavy (non-hydrogen) atoms. The molecular weight excluding hydrogens is 288 g/mol. The summed E-state index contributed by atoms with van der Waals surface area (Å²) in [5.41, 5.74) is -0.337. The minimum Gasteiger partial charge on any atom is -0.481 e. The highest BCUT2D eigenvalue weighted by Gasteiger charge is 2.15. The molecule has 2 aromatic heterocycles. The fourth-order valence-corrected chi connectivity index (χ4v) is 2.90. The normalized spacial score (nSPS) is 12.5. The Kier molecular flexibility index (Phi) is 4.38. The van der Waals surface area contributed by atoms with Gasteiger partial charge in [0, 0.05) is 24.0 Å². The molecule has 102 valence electrons. The van der Waals surface area contributed by atoms with Gasteiger partial charge in [-0.15, -0.1) is 16.4 Å². The molecule has 0 fully saturated rings. The molecule has 0 saturated carbocycles. The summed E-state index contributed by atoms with van der Waals surface area (Å²) in [5.74, 6) is -1.00. The van der Waals surface area contributed by atoms with Crippen LogP contribution in [0.2, 0.25) is 0 Å². The second kappa shape index (κ2) is 6.02. The molecule has 0 saturated heterocycles. The third-order valence-electron chi connectivity index (χ3n) is 2.38. The first kappa shape index (κ1) is 13.8. The molecule has 0 aliphatic rings. The molecular formula is C10H12N4O3S2. The lowest BCUT2D eigenvalue weighted by Crippen LogP contribution is -2.20. The number of nitrogens with zero attached hydrogens (tertiary/aromatic N) is 3. The fraction of sp³-hybridized carbons (Fsp3) is 0.400. The smallest absolute Gasteiger partial charge is 0.343 e. The van der Waals surface area contributed by atoms with Crippen LogP contribution in [0.4, 0.5) is 0 Å². The van der Waals surface area contributed by atoms with E-state index < -0.39 is 5.97 Å². The van der Waals surface area contributed by atoms with Gasteiger partial charge in [0.2, 0.25) is 0 Å². The van der Waals surface area contributed by atoms with Crippen LogP contribution in [0.3, 0.4) is 0 Å². The molecule has 2 rings (SSSR count). The van der Waals surface area contributed by atoms with Crippen molar-refractivity contribution in [2.24, 2.45) is 0 Å². The monoisotopic (exact) mass is 300 g/mol. The molecule has 0 spiro atoms. The first-order chi connectivity index (χ1) is 9.08. The molecule has 0 bridgehead atoms. The molecule has 7 nitrogen and oxygen atoms in total.